The van der Waals surface area contributed by atoms with Gasteiger partial charge in [-0.25, -0.2) is 87.8 Å². The summed E-state index contributed by atoms with van der Waals surface area (Å²) in [5.41, 5.74) is -13.0. The summed E-state index contributed by atoms with van der Waals surface area (Å²) in [7, 11) is -2.96. The van der Waals surface area contributed by atoms with Gasteiger partial charge in [-0.15, -0.1) is 21.9 Å². The fraction of sp³-hybridized carbons (Fsp3) is 0.0185. The molecule has 24 heteroatoms. The van der Waals surface area contributed by atoms with E-state index in [0.29, 0.717) is 10.5 Å². The Morgan fingerprint density at radius 3 is 0.949 bits per heavy atom. The zero-order valence-corrected chi connectivity index (χ0v) is 38.9. The summed E-state index contributed by atoms with van der Waals surface area (Å²) in [4.78, 5) is 14.4. The van der Waals surface area contributed by atoms with Crippen LogP contribution in [-0.2, 0) is 14.1 Å². The van der Waals surface area contributed by atoms with Gasteiger partial charge in [0.2, 0.25) is 15.7 Å². The number of halogens is 20. The van der Waals surface area contributed by atoms with Gasteiger partial charge < -0.3 is 0 Å². The molecule has 0 aliphatic rings. The van der Waals surface area contributed by atoms with Gasteiger partial charge in [-0.2, -0.15) is 0 Å². The molecule has 398 valence electrons. The minimum atomic E-state index is -7.22. The van der Waals surface area contributed by atoms with Crippen LogP contribution in [0.3, 0.4) is 0 Å². The first kappa shape index (κ1) is 55.8. The SMILES string of the molecule is Fc1c(F)c(F)c([B-](c2c(F)c(F)c(F)c(F)c2F)(c2c(F)c(F)c(F)c(F)c2F)c2c(F)c(F)c(F)c(F)c2F)c(F)c1F.O=C(C[S+](=O)(C#Cc1ccccc1)c1ccccc1)c1c2ccccc2cc2ccccc12. The number of Topliss-reactive ketones (excluding diaryl/α,β-unsaturated/α-hetero) is 1. The average molecular weight is 1120 g/mol. The molecule has 0 aliphatic carbocycles. The van der Waals surface area contributed by atoms with E-state index >= 15 is 35.1 Å². The third kappa shape index (κ3) is 8.98. The number of hydrogen-bond donors (Lipinski definition) is 0. The minimum absolute atomic E-state index is 0.167. The Bertz CT molecular complexity index is 3640. The highest BCUT2D eigenvalue weighted by atomic mass is 32.2. The van der Waals surface area contributed by atoms with Crippen molar-refractivity contribution in [1.82, 2.24) is 0 Å². The van der Waals surface area contributed by atoms with Crippen LogP contribution >= 0.6 is 0 Å². The van der Waals surface area contributed by atoms with Crippen molar-refractivity contribution in [3.8, 4) is 11.2 Å². The molecule has 0 saturated heterocycles. The molecule has 0 radical (unpaired) electrons. The molecular weight excluding hydrogens is 1100 g/mol. The van der Waals surface area contributed by atoms with E-state index in [1.54, 1.807) is 12.1 Å². The lowest BCUT2D eigenvalue weighted by molar-refractivity contribution is 0.102. The van der Waals surface area contributed by atoms with Gasteiger partial charge in [-0.05, 0) is 57.8 Å². The Morgan fingerprint density at radius 2 is 0.628 bits per heavy atom. The van der Waals surface area contributed by atoms with Crippen LogP contribution < -0.4 is 21.9 Å². The van der Waals surface area contributed by atoms with Gasteiger partial charge in [0.1, 0.15) is 52.7 Å². The largest absolute Gasteiger partial charge is 0.289 e. The fourth-order valence-corrected chi connectivity index (χ4v) is 10.7. The van der Waals surface area contributed by atoms with Crippen molar-refractivity contribution in [1.29, 1.82) is 0 Å². The van der Waals surface area contributed by atoms with Crippen molar-refractivity contribution >= 4 is 65.3 Å². The molecule has 0 fully saturated rings. The topological polar surface area (TPSA) is 34.1 Å². The summed E-state index contributed by atoms with van der Waals surface area (Å²) in [5, 5.41) is 6.69. The van der Waals surface area contributed by atoms with Crippen molar-refractivity contribution in [3.63, 3.8) is 0 Å². The highest BCUT2D eigenvalue weighted by Crippen LogP contribution is 2.33. The molecule has 0 amide bonds. The van der Waals surface area contributed by atoms with Crippen LogP contribution in [0.25, 0.3) is 21.5 Å². The highest BCUT2D eigenvalue weighted by molar-refractivity contribution is 8.08. The van der Waals surface area contributed by atoms with Crippen LogP contribution in [0.4, 0.5) is 87.8 Å². The molecule has 78 heavy (non-hydrogen) atoms. The van der Waals surface area contributed by atoms with E-state index in [2.05, 4.69) is 17.2 Å². The second-order valence-corrected chi connectivity index (χ2v) is 19.0. The van der Waals surface area contributed by atoms with Gasteiger partial charge in [0.15, 0.2) is 85.7 Å². The van der Waals surface area contributed by atoms with Crippen LogP contribution in [0.1, 0.15) is 15.9 Å². The lowest BCUT2D eigenvalue weighted by Crippen LogP contribution is -2.81. The number of rotatable bonds is 8. The van der Waals surface area contributed by atoms with Crippen molar-refractivity contribution in [2.45, 2.75) is 4.90 Å². The predicted molar refractivity (Wildman–Crippen MR) is 246 cm³/mol. The van der Waals surface area contributed by atoms with Crippen LogP contribution in [0.15, 0.2) is 120 Å². The molecule has 9 aromatic rings. The number of ketones is 1. The quantitative estimate of drug-likeness (QED) is 0.0222. The predicted octanol–water partition coefficient (Wildman–Crippen LogP) is 12.6. The third-order valence-corrected chi connectivity index (χ3v) is 14.5. The molecule has 0 bridgehead atoms. The van der Waals surface area contributed by atoms with Gasteiger partial charge in [0, 0.05) is 11.1 Å². The number of carbonyl (C=O) groups is 1. The molecule has 9 rings (SSSR count). The van der Waals surface area contributed by atoms with Gasteiger partial charge in [0.25, 0.3) is 0 Å². The standard InChI is InChI=1S/C30H21O2S.C24BF20/c31-29(30-27-17-9-7-13-24(27)21-25-14-8-10-18-28(25)30)22-33(32,26-15-5-2-6-16-26)20-19-23-11-3-1-4-12-23;26-5-1(6(27)14(35)21(42)13(5)34)25(2-7(28)15(36)22(43)16(37)8(2)29,3-9(30)17(38)23(44)18(39)10(3)31)4-11(32)19(40)24(45)20(41)12(4)33/h1-18,21H,22H2;/q+1;-1. The number of hydrogen-bond acceptors (Lipinski definition) is 2. The fourth-order valence-electron chi connectivity index (χ4n) is 8.93. The van der Waals surface area contributed by atoms with Crippen LogP contribution in [-0.4, -0.2) is 17.7 Å². The summed E-state index contributed by atoms with van der Waals surface area (Å²) in [6, 6.07) is 36.3. The van der Waals surface area contributed by atoms with Gasteiger partial charge in [-0.3, -0.25) is 4.79 Å². The molecule has 0 spiro atoms. The molecule has 1 atom stereocenters. The smallest absolute Gasteiger partial charge is 0.214 e. The average Bonchev–Trinajstić information content (AvgIpc) is 3.57. The zero-order chi connectivity index (χ0) is 57.0. The molecule has 0 aromatic heterocycles. The summed E-state index contributed by atoms with van der Waals surface area (Å²) in [5.74, 6) is -68.7. The van der Waals surface area contributed by atoms with E-state index in [-0.39, 0.29) is 11.5 Å². The van der Waals surface area contributed by atoms with Crippen LogP contribution in [0.2, 0.25) is 0 Å². The van der Waals surface area contributed by atoms with Crippen LogP contribution in [0.5, 0.6) is 0 Å². The lowest BCUT2D eigenvalue weighted by Gasteiger charge is -2.44. The summed E-state index contributed by atoms with van der Waals surface area (Å²) in [6.07, 6.45) is -7.22. The summed E-state index contributed by atoms with van der Waals surface area (Å²) in [6.45, 7) is 0. The maximum Gasteiger partial charge on any atom is 0.214 e. The van der Waals surface area contributed by atoms with E-state index in [1.807, 2.05) is 97.1 Å². The molecule has 1 unspecified atom stereocenters. The summed E-state index contributed by atoms with van der Waals surface area (Å²) < 4.78 is 308. The van der Waals surface area contributed by atoms with Gasteiger partial charge in [-0.1, -0.05) is 89.1 Å². The van der Waals surface area contributed by atoms with Crippen molar-refractivity contribution in [2.75, 3.05) is 5.75 Å². The monoisotopic (exact) mass is 1120 g/mol. The van der Waals surface area contributed by atoms with E-state index in [0.717, 1.165) is 27.1 Å². The molecule has 0 N–H and O–H groups in total. The van der Waals surface area contributed by atoms with Crippen LogP contribution in [0, 0.1) is 128 Å². The van der Waals surface area contributed by atoms with Crippen molar-refractivity contribution < 1.29 is 96.8 Å². The first-order chi connectivity index (χ1) is 36.8. The Morgan fingerprint density at radius 1 is 0.359 bits per heavy atom. The van der Waals surface area contributed by atoms with E-state index < -0.39 is 154 Å². The molecule has 9 aromatic carbocycles. The Kier molecular flexibility index (Phi) is 15.1. The molecule has 0 heterocycles. The second kappa shape index (κ2) is 21.2. The molecule has 2 nitrogen and oxygen atoms in total. The first-order valence-electron chi connectivity index (χ1n) is 21.7. The number of fused-ring (bicyclic) bond motifs is 2. The molecular formula is C54H21BF20O2S. The highest BCUT2D eigenvalue weighted by Gasteiger charge is 2.52. The Balaban J connectivity index is 0.000000215. The number of benzene rings is 9. The van der Waals surface area contributed by atoms with Gasteiger partial charge in [0.05, 0.1) is 0 Å². The zero-order valence-electron chi connectivity index (χ0n) is 38.0. The lowest BCUT2D eigenvalue weighted by atomic mass is 9.12. The Hall–Kier alpha value is -8.46. The van der Waals surface area contributed by atoms with Crippen molar-refractivity contribution in [2.24, 2.45) is 0 Å². The van der Waals surface area contributed by atoms with E-state index in [4.69, 9.17) is 0 Å². The maximum absolute atomic E-state index is 15.4. The van der Waals surface area contributed by atoms with E-state index in [1.165, 1.54) is 0 Å². The maximum atomic E-state index is 15.4. The van der Waals surface area contributed by atoms with Crippen molar-refractivity contribution in [3.05, 3.63) is 243 Å². The molecule has 0 aliphatic heterocycles. The van der Waals surface area contributed by atoms with E-state index in [9.17, 15) is 61.7 Å². The number of carbonyl (C=O) groups excluding carboxylic acids is 1. The second-order valence-electron chi connectivity index (χ2n) is 16.6. The normalized spacial score (nSPS) is 12.3. The third-order valence-electron chi connectivity index (χ3n) is 12.3. The Labute approximate surface area is 425 Å². The first-order valence-corrected chi connectivity index (χ1v) is 23.4. The minimum Gasteiger partial charge on any atom is -0.289 e. The van der Waals surface area contributed by atoms with Gasteiger partial charge >= 0.3 is 0 Å². The summed E-state index contributed by atoms with van der Waals surface area (Å²) >= 11 is 0. The molecule has 0 saturated carbocycles.